The second-order valence-corrected chi connectivity index (χ2v) is 9.80. The Hall–Kier alpha value is -3.85. The van der Waals surface area contributed by atoms with Gasteiger partial charge in [0.2, 0.25) is 5.91 Å². The fourth-order valence-corrected chi connectivity index (χ4v) is 5.33. The third kappa shape index (κ3) is 5.21. The first-order chi connectivity index (χ1) is 17.5. The van der Waals surface area contributed by atoms with E-state index in [1.54, 1.807) is 30.3 Å². The van der Waals surface area contributed by atoms with Gasteiger partial charge in [0.1, 0.15) is 22.2 Å². The van der Waals surface area contributed by atoms with E-state index in [0.717, 1.165) is 42.3 Å². The number of hydrogen-bond donors (Lipinski definition) is 2. The number of thioether (sulfide) groups is 1. The van der Waals surface area contributed by atoms with Crippen LogP contribution in [0, 0.1) is 11.7 Å². The van der Waals surface area contributed by atoms with E-state index in [9.17, 15) is 18.8 Å². The summed E-state index contributed by atoms with van der Waals surface area (Å²) in [4.78, 5) is 41.2. The normalized spacial score (nSPS) is 16.2. The van der Waals surface area contributed by atoms with Crippen molar-refractivity contribution in [3.05, 3.63) is 89.1 Å². The molecule has 1 fully saturated rings. The lowest BCUT2D eigenvalue weighted by Crippen LogP contribution is -2.31. The minimum absolute atomic E-state index is 0.00396. The third-order valence-electron chi connectivity index (χ3n) is 6.18. The van der Waals surface area contributed by atoms with Gasteiger partial charge in [-0.3, -0.25) is 19.3 Å². The largest absolute Gasteiger partial charge is 0.467 e. The average Bonchev–Trinajstić information content (AvgIpc) is 3.63. The molecule has 2 aromatic carbocycles. The van der Waals surface area contributed by atoms with Gasteiger partial charge in [0.15, 0.2) is 0 Å². The number of halogens is 1. The molecule has 3 aromatic rings. The highest BCUT2D eigenvalue weighted by Crippen LogP contribution is 2.37. The van der Waals surface area contributed by atoms with Gasteiger partial charge in [0, 0.05) is 22.2 Å². The van der Waals surface area contributed by atoms with Crippen LogP contribution in [0.2, 0.25) is 0 Å². The summed E-state index contributed by atoms with van der Waals surface area (Å²) in [5, 5.41) is 5.96. The lowest BCUT2D eigenvalue weighted by Gasteiger charge is -2.13. The Morgan fingerprint density at radius 1 is 1.00 bits per heavy atom. The molecule has 1 aliphatic heterocycles. The Kier molecular flexibility index (Phi) is 6.90. The number of nitrogens with zero attached hydrogens (tertiary/aromatic N) is 1. The molecule has 0 radical (unpaired) electrons. The first kappa shape index (κ1) is 23.9. The van der Waals surface area contributed by atoms with E-state index in [1.165, 1.54) is 30.5 Å². The van der Waals surface area contributed by atoms with Crippen LogP contribution in [-0.2, 0) is 20.9 Å². The number of rotatable bonds is 8. The maximum atomic E-state index is 13.4. The molecule has 1 saturated carbocycles. The predicted molar refractivity (Wildman–Crippen MR) is 134 cm³/mol. The zero-order valence-corrected chi connectivity index (χ0v) is 20.1. The molecule has 9 heteroatoms. The van der Waals surface area contributed by atoms with Crippen molar-refractivity contribution in [3.63, 3.8) is 0 Å². The van der Waals surface area contributed by atoms with Crippen molar-refractivity contribution in [2.45, 2.75) is 37.1 Å². The molecule has 0 atom stereocenters. The van der Waals surface area contributed by atoms with Crippen LogP contribution < -0.4 is 10.6 Å². The van der Waals surface area contributed by atoms with Gasteiger partial charge in [-0.15, -0.1) is 0 Å². The molecule has 0 unspecified atom stereocenters. The quantitative estimate of drug-likeness (QED) is 0.391. The van der Waals surface area contributed by atoms with Crippen molar-refractivity contribution < 1.29 is 23.2 Å². The van der Waals surface area contributed by atoms with E-state index >= 15 is 0 Å². The molecule has 184 valence electrons. The molecule has 0 bridgehead atoms. The highest BCUT2D eigenvalue weighted by atomic mass is 32.2. The Bertz CT molecular complexity index is 1320. The molecule has 3 amide bonds. The topological polar surface area (TPSA) is 91.7 Å². The predicted octanol–water partition coefficient (Wildman–Crippen LogP) is 5.53. The van der Waals surface area contributed by atoms with Crippen LogP contribution in [0.3, 0.4) is 0 Å². The van der Waals surface area contributed by atoms with Crippen molar-refractivity contribution >= 4 is 40.9 Å². The number of carbonyl (C=O) groups excluding carboxylic acids is 3. The minimum atomic E-state index is -0.506. The van der Waals surface area contributed by atoms with Gasteiger partial charge in [0.25, 0.3) is 11.8 Å². The van der Waals surface area contributed by atoms with Crippen molar-refractivity contribution in [2.24, 2.45) is 5.92 Å². The number of anilines is 2. The van der Waals surface area contributed by atoms with Crippen LogP contribution in [0.1, 0.15) is 31.4 Å². The minimum Gasteiger partial charge on any atom is -0.467 e. The van der Waals surface area contributed by atoms with Gasteiger partial charge in [-0.25, -0.2) is 4.39 Å². The molecule has 2 heterocycles. The lowest BCUT2D eigenvalue weighted by molar-refractivity contribution is -0.138. The number of nitrogens with one attached hydrogen (secondary N) is 2. The Morgan fingerprint density at radius 2 is 1.78 bits per heavy atom. The van der Waals surface area contributed by atoms with Crippen molar-refractivity contribution in [3.8, 4) is 0 Å². The summed E-state index contributed by atoms with van der Waals surface area (Å²) in [6, 6.07) is 16.1. The summed E-state index contributed by atoms with van der Waals surface area (Å²) < 4.78 is 18.7. The van der Waals surface area contributed by atoms with Crippen molar-refractivity contribution in [1.82, 2.24) is 4.90 Å². The summed E-state index contributed by atoms with van der Waals surface area (Å²) in [5.41, 5.74) is 1.21. The summed E-state index contributed by atoms with van der Waals surface area (Å²) in [6.07, 6.45) is 5.40. The molecular formula is C27H24FN3O4S. The van der Waals surface area contributed by atoms with E-state index in [-0.39, 0.29) is 29.0 Å². The van der Waals surface area contributed by atoms with Crippen LogP contribution in [0.5, 0.6) is 0 Å². The van der Waals surface area contributed by atoms with E-state index in [0.29, 0.717) is 22.0 Å². The van der Waals surface area contributed by atoms with Gasteiger partial charge < -0.3 is 15.1 Å². The lowest BCUT2D eigenvalue weighted by atomic mass is 10.1. The van der Waals surface area contributed by atoms with E-state index in [2.05, 4.69) is 10.6 Å². The fraction of sp³-hybridized carbons (Fsp3) is 0.222. The van der Waals surface area contributed by atoms with E-state index in [4.69, 9.17) is 4.42 Å². The Morgan fingerprint density at radius 3 is 2.50 bits per heavy atom. The molecule has 36 heavy (non-hydrogen) atoms. The summed E-state index contributed by atoms with van der Waals surface area (Å²) >= 11 is 1.13. The molecule has 7 nitrogen and oxygen atoms in total. The van der Waals surface area contributed by atoms with Crippen LogP contribution >= 0.6 is 11.8 Å². The highest BCUT2D eigenvalue weighted by Gasteiger charge is 2.39. The molecule has 2 aliphatic rings. The monoisotopic (exact) mass is 505 g/mol. The maximum Gasteiger partial charge on any atom is 0.278 e. The maximum absolute atomic E-state index is 13.4. The molecule has 0 spiro atoms. The van der Waals surface area contributed by atoms with Crippen LogP contribution in [0.4, 0.5) is 15.8 Å². The second-order valence-electron chi connectivity index (χ2n) is 8.71. The van der Waals surface area contributed by atoms with Crippen molar-refractivity contribution in [1.29, 1.82) is 0 Å². The summed E-state index contributed by atoms with van der Waals surface area (Å²) in [6.45, 7) is -0.0131. The first-order valence-electron chi connectivity index (χ1n) is 11.7. The molecule has 5 rings (SSSR count). The molecule has 1 aliphatic carbocycles. The summed E-state index contributed by atoms with van der Waals surface area (Å²) in [7, 11) is 0. The smallest absolute Gasteiger partial charge is 0.278 e. The zero-order valence-electron chi connectivity index (χ0n) is 19.3. The number of hydrogen-bond acceptors (Lipinski definition) is 6. The second kappa shape index (κ2) is 10.4. The van der Waals surface area contributed by atoms with Gasteiger partial charge in [-0.05, 0) is 67.4 Å². The van der Waals surface area contributed by atoms with E-state index in [1.807, 2.05) is 6.07 Å². The van der Waals surface area contributed by atoms with Crippen molar-refractivity contribution in [2.75, 3.05) is 10.6 Å². The summed E-state index contributed by atoms with van der Waals surface area (Å²) in [5.74, 6) is -0.876. The zero-order chi connectivity index (χ0) is 25.1. The van der Waals surface area contributed by atoms with Gasteiger partial charge in [-0.1, -0.05) is 30.7 Å². The molecule has 2 N–H and O–H groups in total. The molecule has 0 saturated heterocycles. The van der Waals surface area contributed by atoms with Crippen LogP contribution in [0.15, 0.2) is 86.8 Å². The average molecular weight is 506 g/mol. The van der Waals surface area contributed by atoms with Gasteiger partial charge in [-0.2, -0.15) is 0 Å². The van der Waals surface area contributed by atoms with Gasteiger partial charge >= 0.3 is 0 Å². The Balaban J connectivity index is 1.40. The van der Waals surface area contributed by atoms with E-state index < -0.39 is 17.6 Å². The number of imide groups is 1. The number of benzene rings is 2. The standard InChI is InChI=1S/C27H24FN3O4S/c28-18-10-12-19(13-11-18)29-23-24(27(34)31(26(23)33)16-21-8-4-14-35-21)36-22-9-3-7-20(15-22)30-25(32)17-5-1-2-6-17/h3-4,7-15,17,29H,1-2,5-6,16H2,(H,30,32). The first-order valence-corrected chi connectivity index (χ1v) is 12.5. The number of amides is 3. The van der Waals surface area contributed by atoms with Crippen LogP contribution in [-0.4, -0.2) is 22.6 Å². The fourth-order valence-electron chi connectivity index (χ4n) is 4.33. The van der Waals surface area contributed by atoms with Crippen LogP contribution in [0.25, 0.3) is 0 Å². The SMILES string of the molecule is O=C(Nc1cccc(SC2=C(Nc3ccc(F)cc3)C(=O)N(Cc3ccco3)C2=O)c1)C1CCCC1. The van der Waals surface area contributed by atoms with Gasteiger partial charge in [0.05, 0.1) is 12.8 Å². The highest BCUT2D eigenvalue weighted by molar-refractivity contribution is 8.04. The number of furan rings is 1. The molecular weight excluding hydrogens is 481 g/mol. The Labute approximate surface area is 211 Å². The molecule has 1 aromatic heterocycles. The number of carbonyl (C=O) groups is 3. The third-order valence-corrected chi connectivity index (χ3v) is 7.25.